The summed E-state index contributed by atoms with van der Waals surface area (Å²) in [6.45, 7) is 6.66. The molecule has 2 aromatic carbocycles. The number of phenols is 1. The minimum atomic E-state index is 0.0485. The number of hydrogen-bond acceptors (Lipinski definition) is 4. The van der Waals surface area contributed by atoms with E-state index in [0.29, 0.717) is 5.75 Å². The molecule has 0 aromatic heterocycles. The number of aromatic hydroxyl groups is 1. The summed E-state index contributed by atoms with van der Waals surface area (Å²) in [5, 5.41) is 10.2. The maximum atomic E-state index is 10.2. The summed E-state index contributed by atoms with van der Waals surface area (Å²) in [5.41, 5.74) is 10.2. The first-order valence-electron chi connectivity index (χ1n) is 8.37. The molecule has 0 radical (unpaired) electrons. The topological polar surface area (TPSA) is 53.5 Å². The van der Waals surface area contributed by atoms with E-state index in [9.17, 15) is 5.11 Å². The quantitative estimate of drug-likeness (QED) is 0.798. The molecule has 1 aliphatic heterocycles. The van der Waals surface area contributed by atoms with E-state index in [2.05, 4.69) is 55.9 Å². The molecule has 128 valence electrons. The van der Waals surface area contributed by atoms with E-state index in [0.717, 1.165) is 17.7 Å². The Hall–Kier alpha value is -2.04. The molecule has 0 saturated carbocycles. The van der Waals surface area contributed by atoms with Crippen LogP contribution in [0.2, 0.25) is 0 Å². The zero-order valence-electron chi connectivity index (χ0n) is 14.8. The van der Waals surface area contributed by atoms with Crippen molar-refractivity contribution in [1.82, 2.24) is 10.9 Å². The third-order valence-corrected chi connectivity index (χ3v) is 4.69. The van der Waals surface area contributed by atoms with Gasteiger partial charge in [-0.15, -0.1) is 0 Å². The Morgan fingerprint density at radius 2 is 1.67 bits per heavy atom. The summed E-state index contributed by atoms with van der Waals surface area (Å²) in [6.07, 6.45) is 0.871. The van der Waals surface area contributed by atoms with Crippen molar-refractivity contribution < 1.29 is 9.84 Å². The van der Waals surface area contributed by atoms with Gasteiger partial charge in [-0.3, -0.25) is 0 Å². The lowest BCUT2D eigenvalue weighted by Gasteiger charge is -2.20. The summed E-state index contributed by atoms with van der Waals surface area (Å²) < 4.78 is 5.27. The van der Waals surface area contributed by atoms with Crippen LogP contribution in [0.25, 0.3) is 0 Å². The zero-order chi connectivity index (χ0) is 17.3. The second-order valence-electron chi connectivity index (χ2n) is 7.43. The van der Waals surface area contributed by atoms with E-state index in [1.807, 2.05) is 6.07 Å². The van der Waals surface area contributed by atoms with Gasteiger partial charge in [-0.25, -0.2) is 10.9 Å². The molecular formula is C20H26N2O2. The molecule has 0 bridgehead atoms. The first-order valence-corrected chi connectivity index (χ1v) is 8.37. The van der Waals surface area contributed by atoms with Gasteiger partial charge < -0.3 is 9.84 Å². The minimum Gasteiger partial charge on any atom is -0.508 e. The number of benzene rings is 2. The molecule has 4 nitrogen and oxygen atoms in total. The van der Waals surface area contributed by atoms with Crippen LogP contribution in [0, 0.1) is 0 Å². The highest BCUT2D eigenvalue weighted by Crippen LogP contribution is 2.37. The van der Waals surface area contributed by atoms with E-state index < -0.39 is 0 Å². The number of rotatable bonds is 3. The average Bonchev–Trinajstić information content (AvgIpc) is 3.04. The van der Waals surface area contributed by atoms with Crippen LogP contribution in [0.1, 0.15) is 56.0 Å². The Morgan fingerprint density at radius 3 is 2.29 bits per heavy atom. The summed E-state index contributed by atoms with van der Waals surface area (Å²) in [6, 6.07) is 14.4. The molecule has 2 aromatic rings. The Balaban J connectivity index is 1.76. The number of phenolic OH excluding ortho intramolecular Hbond substituents is 1. The predicted molar refractivity (Wildman–Crippen MR) is 96.2 cm³/mol. The highest BCUT2D eigenvalue weighted by molar-refractivity contribution is 5.42. The number of nitrogens with one attached hydrogen (secondary N) is 2. The number of hydrogen-bond donors (Lipinski definition) is 3. The molecule has 0 aliphatic carbocycles. The van der Waals surface area contributed by atoms with Crippen molar-refractivity contribution in [3.05, 3.63) is 59.2 Å². The molecule has 24 heavy (non-hydrogen) atoms. The normalized spacial score (nSPS) is 21.0. The second-order valence-corrected chi connectivity index (χ2v) is 7.43. The van der Waals surface area contributed by atoms with Crippen LogP contribution in [0.15, 0.2) is 42.5 Å². The van der Waals surface area contributed by atoms with Crippen LogP contribution >= 0.6 is 0 Å². The van der Waals surface area contributed by atoms with Gasteiger partial charge in [0.1, 0.15) is 11.5 Å². The van der Waals surface area contributed by atoms with Gasteiger partial charge in [0.15, 0.2) is 0 Å². The summed E-state index contributed by atoms with van der Waals surface area (Å²) in [5.74, 6) is 1.04. The lowest BCUT2D eigenvalue weighted by Crippen LogP contribution is -2.26. The minimum absolute atomic E-state index is 0.0485. The fourth-order valence-corrected chi connectivity index (χ4v) is 3.13. The fourth-order valence-electron chi connectivity index (χ4n) is 3.13. The zero-order valence-corrected chi connectivity index (χ0v) is 14.8. The molecule has 1 saturated heterocycles. The first kappa shape index (κ1) is 16.8. The van der Waals surface area contributed by atoms with E-state index in [4.69, 9.17) is 4.74 Å². The first-order chi connectivity index (χ1) is 11.4. The van der Waals surface area contributed by atoms with Crippen LogP contribution in [0.4, 0.5) is 0 Å². The monoisotopic (exact) mass is 326 g/mol. The maximum Gasteiger partial charge on any atom is 0.120 e. The van der Waals surface area contributed by atoms with Gasteiger partial charge in [-0.2, -0.15) is 0 Å². The third kappa shape index (κ3) is 3.40. The number of hydrazine groups is 1. The third-order valence-electron chi connectivity index (χ3n) is 4.69. The molecular weight excluding hydrogens is 300 g/mol. The van der Waals surface area contributed by atoms with E-state index in [1.165, 1.54) is 11.1 Å². The molecule has 4 heteroatoms. The van der Waals surface area contributed by atoms with Crippen LogP contribution in [-0.4, -0.2) is 12.2 Å². The SMILES string of the molecule is COc1ccc(O)c(C2CC(c3ccc(C(C)(C)C)cc3)NN2)c1. The van der Waals surface area contributed by atoms with E-state index >= 15 is 0 Å². The smallest absolute Gasteiger partial charge is 0.120 e. The van der Waals surface area contributed by atoms with Crippen molar-refractivity contribution in [1.29, 1.82) is 0 Å². The molecule has 2 atom stereocenters. The van der Waals surface area contributed by atoms with Gasteiger partial charge in [0, 0.05) is 11.6 Å². The summed E-state index contributed by atoms with van der Waals surface area (Å²) in [4.78, 5) is 0. The van der Waals surface area contributed by atoms with E-state index in [1.54, 1.807) is 19.2 Å². The van der Waals surface area contributed by atoms with E-state index in [-0.39, 0.29) is 17.5 Å². The second kappa shape index (κ2) is 6.46. The van der Waals surface area contributed by atoms with Crippen molar-refractivity contribution in [3.8, 4) is 11.5 Å². The van der Waals surface area contributed by atoms with Crippen molar-refractivity contribution in [2.24, 2.45) is 0 Å². The van der Waals surface area contributed by atoms with Crippen molar-refractivity contribution in [2.45, 2.75) is 44.7 Å². The maximum absolute atomic E-state index is 10.2. The van der Waals surface area contributed by atoms with Crippen LogP contribution in [0.3, 0.4) is 0 Å². The van der Waals surface area contributed by atoms with Gasteiger partial charge in [0.05, 0.1) is 13.2 Å². The van der Waals surface area contributed by atoms with Gasteiger partial charge in [0.2, 0.25) is 0 Å². The van der Waals surface area contributed by atoms with Gasteiger partial charge in [-0.05, 0) is 41.2 Å². The van der Waals surface area contributed by atoms with Crippen molar-refractivity contribution >= 4 is 0 Å². The largest absolute Gasteiger partial charge is 0.508 e. The van der Waals surface area contributed by atoms with Crippen molar-refractivity contribution in [3.63, 3.8) is 0 Å². The Kier molecular flexibility index (Phi) is 4.52. The van der Waals surface area contributed by atoms with Crippen LogP contribution in [0.5, 0.6) is 11.5 Å². The molecule has 3 N–H and O–H groups in total. The van der Waals surface area contributed by atoms with Crippen LogP contribution in [-0.2, 0) is 5.41 Å². The summed E-state index contributed by atoms with van der Waals surface area (Å²) >= 11 is 0. The predicted octanol–water partition coefficient (Wildman–Crippen LogP) is 3.98. The van der Waals surface area contributed by atoms with Gasteiger partial charge in [-0.1, -0.05) is 45.0 Å². The number of methoxy groups -OCH3 is 1. The van der Waals surface area contributed by atoms with Crippen LogP contribution < -0.4 is 15.6 Å². The lowest BCUT2D eigenvalue weighted by molar-refractivity contribution is 0.407. The average molecular weight is 326 g/mol. The molecule has 0 spiro atoms. The fraction of sp³-hybridized carbons (Fsp3) is 0.400. The molecule has 1 fully saturated rings. The van der Waals surface area contributed by atoms with Gasteiger partial charge in [0.25, 0.3) is 0 Å². The highest BCUT2D eigenvalue weighted by atomic mass is 16.5. The lowest BCUT2D eigenvalue weighted by atomic mass is 9.86. The number of ether oxygens (including phenoxy) is 1. The molecule has 1 aliphatic rings. The van der Waals surface area contributed by atoms with Gasteiger partial charge >= 0.3 is 0 Å². The van der Waals surface area contributed by atoms with Crippen molar-refractivity contribution in [2.75, 3.05) is 7.11 Å². The standard InChI is InChI=1S/C20H26N2O2/c1-20(2,3)14-7-5-13(6-8-14)17-12-18(22-21-17)16-11-15(24-4)9-10-19(16)23/h5-11,17-18,21-23H,12H2,1-4H3. The molecule has 0 amide bonds. The Labute approximate surface area is 143 Å². The summed E-state index contributed by atoms with van der Waals surface area (Å²) in [7, 11) is 1.63. The Morgan fingerprint density at radius 1 is 1.00 bits per heavy atom. The molecule has 2 unspecified atom stereocenters. The molecule has 3 rings (SSSR count). The Bertz CT molecular complexity index is 705. The highest BCUT2D eigenvalue weighted by Gasteiger charge is 2.28. The molecule has 1 heterocycles.